The lowest BCUT2D eigenvalue weighted by Gasteiger charge is -2.32. The van der Waals surface area contributed by atoms with E-state index in [9.17, 15) is 0 Å². The summed E-state index contributed by atoms with van der Waals surface area (Å²) < 4.78 is 0. The number of fused-ring (bicyclic) bond motifs is 6. The van der Waals surface area contributed by atoms with Crippen molar-refractivity contribution in [3.63, 3.8) is 0 Å². The molecule has 0 fully saturated rings. The molecule has 0 bridgehead atoms. The third-order valence-corrected chi connectivity index (χ3v) is 13.7. The summed E-state index contributed by atoms with van der Waals surface area (Å²) in [6, 6.07) is 93.6. The molecule has 1 atom stereocenters. The Morgan fingerprint density at radius 2 is 0.723 bits per heavy atom. The molecule has 0 radical (unpaired) electrons. The first kappa shape index (κ1) is 38.4. The molecule has 0 amide bonds. The number of hydrogen-bond donors (Lipinski definition) is 0. The fourth-order valence-corrected chi connectivity index (χ4v) is 10.8. The Balaban J connectivity index is 1.16. The van der Waals surface area contributed by atoms with Crippen LogP contribution in [0, 0.1) is 0 Å². The van der Waals surface area contributed by atoms with E-state index in [0.29, 0.717) is 0 Å². The Kier molecular flexibility index (Phi) is 9.35. The van der Waals surface area contributed by atoms with Crippen LogP contribution in [0.25, 0.3) is 77.2 Å². The van der Waals surface area contributed by atoms with Gasteiger partial charge in [0, 0.05) is 22.1 Å². The van der Waals surface area contributed by atoms with Crippen molar-refractivity contribution in [1.82, 2.24) is 0 Å². The van der Waals surface area contributed by atoms with Crippen LogP contribution in [0.3, 0.4) is 0 Å². The predicted octanol–water partition coefficient (Wildman–Crippen LogP) is 17.5. The number of benzene rings is 11. The molecule has 1 aliphatic carbocycles. The number of nitrogens with zero attached hydrogens (tertiary/aromatic N) is 1. The minimum absolute atomic E-state index is 0.348. The SMILES string of the molecule is CC1(c2ccccc2)c2ccccc2-c2c(N(c3ccccc3-c3ccccc3)c3ccccc3-c3ccc4c(c3)c(-c3ccccc3)c(-c3ccccc3)c3ccccc34)cccc21. The summed E-state index contributed by atoms with van der Waals surface area (Å²) in [4.78, 5) is 2.54. The van der Waals surface area contributed by atoms with E-state index in [2.05, 4.69) is 267 Å². The van der Waals surface area contributed by atoms with E-state index >= 15 is 0 Å². The van der Waals surface area contributed by atoms with Crippen molar-refractivity contribution in [3.8, 4) is 55.6 Å². The van der Waals surface area contributed by atoms with E-state index in [1.54, 1.807) is 0 Å². The average Bonchev–Trinajstić information content (AvgIpc) is 3.66. The molecule has 1 nitrogen and oxygen atoms in total. The Labute approximate surface area is 381 Å². The van der Waals surface area contributed by atoms with Crippen molar-refractivity contribution < 1.29 is 0 Å². The minimum atomic E-state index is -0.348. The quantitative estimate of drug-likeness (QED) is 0.138. The molecule has 0 saturated carbocycles. The van der Waals surface area contributed by atoms with Gasteiger partial charge in [-0.1, -0.05) is 231 Å². The van der Waals surface area contributed by atoms with E-state index in [4.69, 9.17) is 0 Å². The molecule has 0 spiro atoms. The fourth-order valence-electron chi connectivity index (χ4n) is 10.8. The Bertz CT molecular complexity index is 3540. The van der Waals surface area contributed by atoms with Crippen LogP contribution in [0.2, 0.25) is 0 Å². The average molecular weight is 828 g/mol. The zero-order valence-electron chi connectivity index (χ0n) is 36.2. The van der Waals surface area contributed by atoms with E-state index < -0.39 is 0 Å². The van der Waals surface area contributed by atoms with Gasteiger partial charge in [-0.05, 0) is 108 Å². The summed E-state index contributed by atoms with van der Waals surface area (Å²) in [7, 11) is 0. The van der Waals surface area contributed by atoms with E-state index in [-0.39, 0.29) is 5.41 Å². The largest absolute Gasteiger partial charge is 0.309 e. The molecule has 306 valence electrons. The molecular weight excluding hydrogens is 783 g/mol. The van der Waals surface area contributed by atoms with Crippen molar-refractivity contribution in [1.29, 1.82) is 0 Å². The molecule has 1 unspecified atom stereocenters. The van der Waals surface area contributed by atoms with E-state index in [0.717, 1.165) is 28.2 Å². The van der Waals surface area contributed by atoms with Crippen LogP contribution >= 0.6 is 0 Å². The highest BCUT2D eigenvalue weighted by molar-refractivity contribution is 6.22. The lowest BCUT2D eigenvalue weighted by molar-refractivity contribution is 0.714. The molecule has 0 N–H and O–H groups in total. The van der Waals surface area contributed by atoms with Gasteiger partial charge in [-0.2, -0.15) is 0 Å². The van der Waals surface area contributed by atoms with Crippen molar-refractivity contribution in [2.45, 2.75) is 12.3 Å². The van der Waals surface area contributed by atoms with E-state index in [1.165, 1.54) is 82.7 Å². The summed E-state index contributed by atoms with van der Waals surface area (Å²) in [5, 5.41) is 4.97. The number of anilines is 3. The Morgan fingerprint density at radius 3 is 1.37 bits per heavy atom. The third-order valence-electron chi connectivity index (χ3n) is 13.7. The molecule has 1 heteroatoms. The first-order chi connectivity index (χ1) is 32.2. The predicted molar refractivity (Wildman–Crippen MR) is 275 cm³/mol. The zero-order valence-corrected chi connectivity index (χ0v) is 36.2. The Morgan fingerprint density at radius 1 is 0.277 bits per heavy atom. The normalized spacial score (nSPS) is 14.0. The smallest absolute Gasteiger partial charge is 0.0543 e. The van der Waals surface area contributed by atoms with E-state index in [1.807, 2.05) is 0 Å². The van der Waals surface area contributed by atoms with Gasteiger partial charge >= 0.3 is 0 Å². The van der Waals surface area contributed by atoms with Gasteiger partial charge in [-0.15, -0.1) is 0 Å². The zero-order chi connectivity index (χ0) is 43.3. The van der Waals surface area contributed by atoms with Crippen molar-refractivity contribution in [2.24, 2.45) is 0 Å². The summed E-state index contributed by atoms with van der Waals surface area (Å²) in [6.07, 6.45) is 0. The topological polar surface area (TPSA) is 3.24 Å². The molecule has 0 heterocycles. The van der Waals surface area contributed by atoms with Gasteiger partial charge in [0.1, 0.15) is 0 Å². The van der Waals surface area contributed by atoms with Crippen molar-refractivity contribution in [2.75, 3.05) is 4.90 Å². The van der Waals surface area contributed by atoms with Crippen LogP contribution in [0.4, 0.5) is 17.1 Å². The second-order valence-electron chi connectivity index (χ2n) is 17.3. The van der Waals surface area contributed by atoms with Gasteiger partial charge in [0.2, 0.25) is 0 Å². The van der Waals surface area contributed by atoms with Gasteiger partial charge in [0.25, 0.3) is 0 Å². The maximum Gasteiger partial charge on any atom is 0.0543 e. The monoisotopic (exact) mass is 827 g/mol. The lowest BCUT2D eigenvalue weighted by Crippen LogP contribution is -2.22. The number of rotatable bonds is 8. The summed E-state index contributed by atoms with van der Waals surface area (Å²) in [5.74, 6) is 0. The highest BCUT2D eigenvalue weighted by atomic mass is 15.2. The fraction of sp³-hybridized carbons (Fsp3) is 0.0312. The molecule has 0 aliphatic heterocycles. The van der Waals surface area contributed by atoms with Crippen LogP contribution in [-0.2, 0) is 5.41 Å². The van der Waals surface area contributed by atoms with Gasteiger partial charge in [-0.3, -0.25) is 0 Å². The molecule has 0 saturated heterocycles. The highest BCUT2D eigenvalue weighted by Crippen LogP contribution is 2.58. The number of hydrogen-bond acceptors (Lipinski definition) is 1. The minimum Gasteiger partial charge on any atom is -0.309 e. The standard InChI is InChI=1S/C64H45N/c1-64(48-29-12-5-13-30-48)56-36-19-16-35-54(56)63-57(64)37-22-40-60(63)65(58-38-20-17-31-49(58)44-23-6-2-7-24-44)59-39-21-18-32-50(59)47-41-42-52-51-33-14-15-34-53(51)61(45-25-8-3-9-26-45)62(55(52)43-47)46-27-10-4-11-28-46/h2-43H,1H3. The summed E-state index contributed by atoms with van der Waals surface area (Å²) >= 11 is 0. The second-order valence-corrected chi connectivity index (χ2v) is 17.3. The lowest BCUT2D eigenvalue weighted by atomic mass is 9.74. The second kappa shape index (κ2) is 15.8. The molecule has 12 rings (SSSR count). The van der Waals surface area contributed by atoms with Gasteiger partial charge in [0.05, 0.1) is 17.1 Å². The van der Waals surface area contributed by atoms with Crippen LogP contribution in [-0.4, -0.2) is 0 Å². The van der Waals surface area contributed by atoms with Crippen molar-refractivity contribution >= 4 is 38.6 Å². The number of para-hydroxylation sites is 2. The highest BCUT2D eigenvalue weighted by Gasteiger charge is 2.42. The van der Waals surface area contributed by atoms with Crippen LogP contribution in [0.1, 0.15) is 23.6 Å². The molecular formula is C64H45N. The maximum absolute atomic E-state index is 2.54. The molecule has 65 heavy (non-hydrogen) atoms. The third kappa shape index (κ3) is 6.23. The summed E-state index contributed by atoms with van der Waals surface area (Å²) in [5.41, 5.74) is 19.0. The molecule has 11 aromatic carbocycles. The Hall–Kier alpha value is -8.26. The molecule has 0 aromatic heterocycles. The first-order valence-corrected chi connectivity index (χ1v) is 22.6. The van der Waals surface area contributed by atoms with Crippen LogP contribution in [0.5, 0.6) is 0 Å². The van der Waals surface area contributed by atoms with Crippen LogP contribution < -0.4 is 4.90 Å². The van der Waals surface area contributed by atoms with Crippen molar-refractivity contribution in [3.05, 3.63) is 271 Å². The molecule has 11 aromatic rings. The first-order valence-electron chi connectivity index (χ1n) is 22.6. The molecule has 1 aliphatic rings. The van der Waals surface area contributed by atoms with Crippen LogP contribution in [0.15, 0.2) is 255 Å². The maximum atomic E-state index is 2.54. The summed E-state index contributed by atoms with van der Waals surface area (Å²) in [6.45, 7) is 2.40. The van der Waals surface area contributed by atoms with Gasteiger partial charge in [-0.25, -0.2) is 0 Å². The van der Waals surface area contributed by atoms with Gasteiger partial charge < -0.3 is 4.90 Å². The van der Waals surface area contributed by atoms with Gasteiger partial charge in [0.15, 0.2) is 0 Å².